The lowest BCUT2D eigenvalue weighted by Gasteiger charge is -2.17. The van der Waals surface area contributed by atoms with Crippen LogP contribution in [-0.2, 0) is 5.41 Å². The molecule has 1 heterocycles. The molecule has 2 rings (SSSR count). The maximum absolute atomic E-state index is 13.4. The molecule has 0 aliphatic heterocycles. The number of hydrogen-bond acceptors (Lipinski definition) is 2. The smallest absolute Gasteiger partial charge is 0.251 e. The Hall–Kier alpha value is -1.68. The summed E-state index contributed by atoms with van der Waals surface area (Å²) in [5, 5.41) is 0.0399. The van der Waals surface area contributed by atoms with E-state index in [2.05, 4.69) is 9.97 Å². The van der Waals surface area contributed by atoms with Crippen molar-refractivity contribution < 1.29 is 4.39 Å². The molecule has 0 saturated carbocycles. The number of hydrogen-bond donors (Lipinski definition) is 1. The minimum absolute atomic E-state index is 0.0399. The Balaban J connectivity index is 2.59. The normalized spacial score (nSPS) is 11.6. The number of benzene rings is 1. The fourth-order valence-electron chi connectivity index (χ4n) is 1.62. The second kappa shape index (κ2) is 4.78. The third-order valence-corrected chi connectivity index (χ3v) is 3.01. The van der Waals surface area contributed by atoms with Crippen LogP contribution in [0.3, 0.4) is 0 Å². The molecule has 0 aliphatic carbocycles. The van der Waals surface area contributed by atoms with Crippen molar-refractivity contribution >= 4 is 11.6 Å². The molecular weight excluding hydrogens is 267 g/mol. The van der Waals surface area contributed by atoms with Crippen molar-refractivity contribution in [2.45, 2.75) is 26.2 Å². The van der Waals surface area contributed by atoms with Crippen LogP contribution in [0.4, 0.5) is 4.39 Å². The van der Waals surface area contributed by atoms with E-state index in [0.29, 0.717) is 17.1 Å². The van der Waals surface area contributed by atoms with Gasteiger partial charge in [0.2, 0.25) is 0 Å². The number of aromatic amines is 1. The molecule has 3 nitrogen and oxygen atoms in total. The van der Waals surface area contributed by atoms with Gasteiger partial charge in [0.05, 0.1) is 10.7 Å². The van der Waals surface area contributed by atoms with Crippen molar-refractivity contribution in [1.82, 2.24) is 9.97 Å². The fourth-order valence-corrected chi connectivity index (χ4v) is 1.74. The summed E-state index contributed by atoms with van der Waals surface area (Å²) in [5.41, 5.74) is 0.630. The van der Waals surface area contributed by atoms with E-state index in [1.54, 1.807) is 6.07 Å². The lowest BCUT2D eigenvalue weighted by atomic mass is 9.92. The summed E-state index contributed by atoms with van der Waals surface area (Å²) in [5.74, 6) is -0.198. The van der Waals surface area contributed by atoms with Gasteiger partial charge in [-0.2, -0.15) is 0 Å². The first-order valence-corrected chi connectivity index (χ1v) is 6.22. The van der Waals surface area contributed by atoms with Crippen molar-refractivity contribution in [3.63, 3.8) is 0 Å². The summed E-state index contributed by atoms with van der Waals surface area (Å²) >= 11 is 5.64. The maximum Gasteiger partial charge on any atom is 0.251 e. The van der Waals surface area contributed by atoms with Gasteiger partial charge in [-0.15, -0.1) is 0 Å². The molecule has 0 fully saturated rings. The summed E-state index contributed by atoms with van der Waals surface area (Å²) in [6, 6.07) is 5.77. The molecule has 1 aromatic heterocycles. The van der Waals surface area contributed by atoms with Crippen LogP contribution in [0, 0.1) is 5.82 Å². The van der Waals surface area contributed by atoms with Crippen molar-refractivity contribution in [2.75, 3.05) is 0 Å². The Labute approximate surface area is 115 Å². The highest BCUT2D eigenvalue weighted by Gasteiger charge is 2.17. The molecule has 0 radical (unpaired) electrons. The van der Waals surface area contributed by atoms with Crippen LogP contribution in [0.5, 0.6) is 0 Å². The van der Waals surface area contributed by atoms with E-state index in [0.717, 1.165) is 0 Å². The van der Waals surface area contributed by atoms with Gasteiger partial charge in [-0.25, -0.2) is 9.37 Å². The van der Waals surface area contributed by atoms with E-state index in [-0.39, 0.29) is 16.0 Å². The van der Waals surface area contributed by atoms with Gasteiger partial charge in [0.25, 0.3) is 5.56 Å². The summed E-state index contributed by atoms with van der Waals surface area (Å²) in [6.07, 6.45) is 0. The standard InChI is InChI=1S/C14H14ClFN2O/c1-14(2,3)11-7-12(19)18-13(17-11)8-4-5-9(15)10(16)6-8/h4-7H,1-3H3,(H,17,18,19). The van der Waals surface area contributed by atoms with Crippen molar-refractivity contribution in [3.8, 4) is 11.4 Å². The first-order chi connectivity index (χ1) is 8.77. The van der Waals surface area contributed by atoms with Crippen molar-refractivity contribution in [3.05, 3.63) is 51.2 Å². The Morgan fingerprint density at radius 2 is 1.95 bits per heavy atom. The third-order valence-electron chi connectivity index (χ3n) is 2.70. The number of halogens is 2. The van der Waals surface area contributed by atoms with E-state index in [4.69, 9.17) is 11.6 Å². The topological polar surface area (TPSA) is 45.8 Å². The molecule has 1 N–H and O–H groups in total. The van der Waals surface area contributed by atoms with Crippen molar-refractivity contribution in [2.24, 2.45) is 0 Å². The molecule has 0 bridgehead atoms. The molecule has 100 valence electrons. The molecule has 0 atom stereocenters. The molecular formula is C14H14ClFN2O. The molecule has 0 saturated heterocycles. The van der Waals surface area contributed by atoms with Crippen LogP contribution in [0.15, 0.2) is 29.1 Å². The highest BCUT2D eigenvalue weighted by molar-refractivity contribution is 6.30. The minimum Gasteiger partial charge on any atom is -0.307 e. The van der Waals surface area contributed by atoms with Crippen LogP contribution in [0.25, 0.3) is 11.4 Å². The van der Waals surface area contributed by atoms with E-state index >= 15 is 0 Å². The van der Waals surface area contributed by atoms with Crippen LogP contribution in [0.2, 0.25) is 5.02 Å². The molecule has 5 heteroatoms. The number of nitrogens with zero attached hydrogens (tertiary/aromatic N) is 1. The van der Waals surface area contributed by atoms with Gasteiger partial charge in [0.1, 0.15) is 11.6 Å². The highest BCUT2D eigenvalue weighted by Crippen LogP contribution is 2.24. The number of rotatable bonds is 1. The number of nitrogens with one attached hydrogen (secondary N) is 1. The molecule has 0 aliphatic rings. The lowest BCUT2D eigenvalue weighted by molar-refractivity contribution is 0.566. The zero-order chi connectivity index (χ0) is 14.2. The Morgan fingerprint density at radius 1 is 1.26 bits per heavy atom. The van der Waals surface area contributed by atoms with Gasteiger partial charge in [-0.3, -0.25) is 4.79 Å². The second-order valence-electron chi connectivity index (χ2n) is 5.36. The Bertz CT molecular complexity index is 674. The van der Waals surface area contributed by atoms with Gasteiger partial charge in [-0.1, -0.05) is 32.4 Å². The van der Waals surface area contributed by atoms with Crippen LogP contribution < -0.4 is 5.56 Å². The van der Waals surface area contributed by atoms with Gasteiger partial charge >= 0.3 is 0 Å². The van der Waals surface area contributed by atoms with Gasteiger partial charge in [-0.05, 0) is 18.2 Å². The molecule has 19 heavy (non-hydrogen) atoms. The molecule has 0 unspecified atom stereocenters. The molecule has 0 spiro atoms. The van der Waals surface area contributed by atoms with Crippen LogP contribution >= 0.6 is 11.6 Å². The van der Waals surface area contributed by atoms with E-state index < -0.39 is 5.82 Å². The number of aromatic nitrogens is 2. The monoisotopic (exact) mass is 280 g/mol. The SMILES string of the molecule is CC(C)(C)c1cc(=O)[nH]c(-c2ccc(Cl)c(F)c2)n1. The van der Waals surface area contributed by atoms with Gasteiger partial charge < -0.3 is 4.98 Å². The number of H-pyrrole nitrogens is 1. The predicted octanol–water partition coefficient (Wildman–Crippen LogP) is 3.53. The largest absolute Gasteiger partial charge is 0.307 e. The van der Waals surface area contributed by atoms with Gasteiger partial charge in [0.15, 0.2) is 0 Å². The van der Waals surface area contributed by atoms with Crippen LogP contribution in [0.1, 0.15) is 26.5 Å². The summed E-state index contributed by atoms with van der Waals surface area (Å²) in [7, 11) is 0. The molecule has 0 amide bonds. The summed E-state index contributed by atoms with van der Waals surface area (Å²) < 4.78 is 13.4. The maximum atomic E-state index is 13.4. The third kappa shape index (κ3) is 3.01. The Morgan fingerprint density at radius 3 is 2.53 bits per heavy atom. The fraction of sp³-hybridized carbons (Fsp3) is 0.286. The lowest BCUT2D eigenvalue weighted by Crippen LogP contribution is -2.19. The minimum atomic E-state index is -0.539. The van der Waals surface area contributed by atoms with Crippen LogP contribution in [-0.4, -0.2) is 9.97 Å². The average molecular weight is 281 g/mol. The van der Waals surface area contributed by atoms with Crippen molar-refractivity contribution in [1.29, 1.82) is 0 Å². The summed E-state index contributed by atoms with van der Waals surface area (Å²) in [6.45, 7) is 5.88. The molecule has 1 aromatic carbocycles. The molecule has 2 aromatic rings. The predicted molar refractivity (Wildman–Crippen MR) is 74.0 cm³/mol. The first kappa shape index (κ1) is 13.7. The average Bonchev–Trinajstić information content (AvgIpc) is 2.31. The second-order valence-corrected chi connectivity index (χ2v) is 5.77. The van der Waals surface area contributed by atoms with E-state index in [1.807, 2.05) is 20.8 Å². The van der Waals surface area contributed by atoms with Gasteiger partial charge in [0, 0.05) is 17.0 Å². The zero-order valence-corrected chi connectivity index (χ0v) is 11.7. The summed E-state index contributed by atoms with van der Waals surface area (Å²) in [4.78, 5) is 18.7. The van der Waals surface area contributed by atoms with E-state index in [9.17, 15) is 9.18 Å². The van der Waals surface area contributed by atoms with E-state index in [1.165, 1.54) is 18.2 Å². The Kier molecular flexibility index (Phi) is 3.45. The first-order valence-electron chi connectivity index (χ1n) is 5.84. The quantitative estimate of drug-likeness (QED) is 0.868. The zero-order valence-electron chi connectivity index (χ0n) is 10.9. The highest BCUT2D eigenvalue weighted by atomic mass is 35.5.